The zero-order valence-corrected chi connectivity index (χ0v) is 18.9. The van der Waals surface area contributed by atoms with Gasteiger partial charge in [-0.1, -0.05) is 54.4 Å². The van der Waals surface area contributed by atoms with E-state index in [2.05, 4.69) is 27.0 Å². The van der Waals surface area contributed by atoms with Crippen LogP contribution in [0.2, 0.25) is 0 Å². The van der Waals surface area contributed by atoms with Crippen LogP contribution in [-0.2, 0) is 19.4 Å². The van der Waals surface area contributed by atoms with Crippen molar-refractivity contribution in [2.75, 3.05) is 6.54 Å². The lowest BCUT2D eigenvalue weighted by atomic mass is 10.1. The molecule has 1 N–H and O–H groups in total. The molecule has 0 atom stereocenters. The predicted molar refractivity (Wildman–Crippen MR) is 127 cm³/mol. The maximum atomic E-state index is 13.2. The van der Waals surface area contributed by atoms with Crippen LogP contribution in [0.4, 0.5) is 0 Å². The molecule has 3 heterocycles. The molecule has 0 spiro atoms. The van der Waals surface area contributed by atoms with Crippen LogP contribution >= 0.6 is 0 Å². The van der Waals surface area contributed by atoms with Crippen molar-refractivity contribution in [2.45, 2.75) is 45.6 Å². The summed E-state index contributed by atoms with van der Waals surface area (Å²) in [6.07, 6.45) is 7.01. The lowest BCUT2D eigenvalue weighted by molar-refractivity contribution is 0.0954. The van der Waals surface area contributed by atoms with Crippen LogP contribution in [-0.4, -0.2) is 37.0 Å². The van der Waals surface area contributed by atoms with Gasteiger partial charge in [-0.05, 0) is 31.9 Å². The van der Waals surface area contributed by atoms with Crippen molar-refractivity contribution in [3.8, 4) is 16.9 Å². The third-order valence-corrected chi connectivity index (χ3v) is 6.12. The standard InChI is InChI=1S/C26H28N6O/c1-19-11-13-21(14-12-19)32-18-22(25(30-32)20-8-4-2-5-9-20)26(33)27-16-15-24-29-28-23-10-6-3-7-17-31(23)24/h2,4-5,8-9,11-14,18H,3,6-7,10,15-17H2,1H3,(H,27,33). The monoisotopic (exact) mass is 440 g/mol. The Morgan fingerprint density at radius 2 is 1.82 bits per heavy atom. The molecule has 0 unspecified atom stereocenters. The van der Waals surface area contributed by atoms with Crippen LogP contribution in [0.3, 0.4) is 0 Å². The van der Waals surface area contributed by atoms with Crippen LogP contribution in [0, 0.1) is 6.92 Å². The van der Waals surface area contributed by atoms with Crippen LogP contribution < -0.4 is 5.32 Å². The van der Waals surface area contributed by atoms with E-state index in [1.165, 1.54) is 18.4 Å². The first-order valence-corrected chi connectivity index (χ1v) is 11.6. The number of aromatic nitrogens is 5. The second-order valence-corrected chi connectivity index (χ2v) is 8.54. The average Bonchev–Trinajstić information content (AvgIpc) is 3.37. The van der Waals surface area contributed by atoms with E-state index >= 15 is 0 Å². The molecule has 7 nitrogen and oxygen atoms in total. The highest BCUT2D eigenvalue weighted by atomic mass is 16.1. The van der Waals surface area contributed by atoms with Crippen molar-refractivity contribution in [1.29, 1.82) is 0 Å². The third-order valence-electron chi connectivity index (χ3n) is 6.12. The molecule has 0 saturated heterocycles. The van der Waals surface area contributed by atoms with E-state index in [1.807, 2.05) is 60.8 Å². The topological polar surface area (TPSA) is 77.6 Å². The summed E-state index contributed by atoms with van der Waals surface area (Å²) >= 11 is 0. The minimum atomic E-state index is -0.136. The molecule has 5 rings (SSSR count). The Labute approximate surface area is 193 Å². The molecule has 0 aliphatic carbocycles. The first kappa shape index (κ1) is 21.1. The molecule has 0 radical (unpaired) electrons. The van der Waals surface area contributed by atoms with Gasteiger partial charge in [-0.15, -0.1) is 10.2 Å². The van der Waals surface area contributed by atoms with Gasteiger partial charge in [0.25, 0.3) is 5.91 Å². The smallest absolute Gasteiger partial charge is 0.255 e. The Morgan fingerprint density at radius 1 is 1.00 bits per heavy atom. The molecule has 1 aliphatic rings. The fourth-order valence-corrected chi connectivity index (χ4v) is 4.29. The van der Waals surface area contributed by atoms with Gasteiger partial charge in [-0.25, -0.2) is 4.68 Å². The summed E-state index contributed by atoms with van der Waals surface area (Å²) in [6, 6.07) is 17.9. The van der Waals surface area contributed by atoms with Crippen molar-refractivity contribution >= 4 is 5.91 Å². The second-order valence-electron chi connectivity index (χ2n) is 8.54. The van der Waals surface area contributed by atoms with Gasteiger partial charge in [-0.2, -0.15) is 5.10 Å². The average molecular weight is 441 g/mol. The molecular formula is C26H28N6O. The number of carbonyl (C=O) groups is 1. The number of nitrogens with zero attached hydrogens (tertiary/aromatic N) is 5. The fraction of sp³-hybridized carbons (Fsp3) is 0.308. The number of carbonyl (C=O) groups excluding carboxylic acids is 1. The molecule has 2 aromatic carbocycles. The zero-order valence-electron chi connectivity index (χ0n) is 18.9. The third kappa shape index (κ3) is 4.58. The second kappa shape index (κ2) is 9.40. The summed E-state index contributed by atoms with van der Waals surface area (Å²) in [6.45, 7) is 3.52. The number of nitrogens with one attached hydrogen (secondary N) is 1. The first-order valence-electron chi connectivity index (χ1n) is 11.6. The molecule has 1 aliphatic heterocycles. The van der Waals surface area contributed by atoms with E-state index in [1.54, 1.807) is 4.68 Å². The van der Waals surface area contributed by atoms with Gasteiger partial charge < -0.3 is 9.88 Å². The molecular weight excluding hydrogens is 412 g/mol. The number of amides is 1. The van der Waals surface area contributed by atoms with Gasteiger partial charge in [0, 0.05) is 37.7 Å². The molecule has 7 heteroatoms. The van der Waals surface area contributed by atoms with Crippen molar-refractivity contribution in [3.05, 3.63) is 83.6 Å². The molecule has 0 fully saturated rings. The van der Waals surface area contributed by atoms with E-state index < -0.39 is 0 Å². The Balaban J connectivity index is 1.36. The summed E-state index contributed by atoms with van der Waals surface area (Å²) in [7, 11) is 0. The molecule has 0 saturated carbocycles. The Kier molecular flexibility index (Phi) is 6.02. The highest BCUT2D eigenvalue weighted by Gasteiger charge is 2.19. The highest BCUT2D eigenvalue weighted by Crippen LogP contribution is 2.24. The van der Waals surface area contributed by atoms with Gasteiger partial charge in [-0.3, -0.25) is 4.79 Å². The van der Waals surface area contributed by atoms with Gasteiger partial charge in [0.05, 0.1) is 11.3 Å². The minimum Gasteiger partial charge on any atom is -0.351 e. The minimum absolute atomic E-state index is 0.136. The number of hydrogen-bond acceptors (Lipinski definition) is 4. The lowest BCUT2D eigenvalue weighted by Crippen LogP contribution is -2.26. The zero-order chi connectivity index (χ0) is 22.6. The quantitative estimate of drug-likeness (QED) is 0.489. The molecule has 4 aromatic rings. The number of rotatable bonds is 6. The number of aryl methyl sites for hydroxylation is 2. The summed E-state index contributed by atoms with van der Waals surface area (Å²) in [4.78, 5) is 13.2. The van der Waals surface area contributed by atoms with Crippen LogP contribution in [0.25, 0.3) is 16.9 Å². The summed E-state index contributed by atoms with van der Waals surface area (Å²) < 4.78 is 4.00. The van der Waals surface area contributed by atoms with E-state index in [0.29, 0.717) is 24.2 Å². The Hall–Kier alpha value is -3.74. The van der Waals surface area contributed by atoms with Crippen LogP contribution in [0.15, 0.2) is 60.8 Å². The molecule has 1 amide bonds. The number of fused-ring (bicyclic) bond motifs is 1. The van der Waals surface area contributed by atoms with Gasteiger partial charge in [0.2, 0.25) is 0 Å². The summed E-state index contributed by atoms with van der Waals surface area (Å²) in [5, 5.41) is 16.6. The highest BCUT2D eigenvalue weighted by molar-refractivity contribution is 5.99. The largest absolute Gasteiger partial charge is 0.351 e. The van der Waals surface area contributed by atoms with E-state index in [0.717, 1.165) is 42.3 Å². The van der Waals surface area contributed by atoms with Crippen molar-refractivity contribution in [1.82, 2.24) is 29.9 Å². The SMILES string of the molecule is Cc1ccc(-n2cc(C(=O)NCCc3nnc4n3CCCCC4)c(-c3ccccc3)n2)cc1. The number of benzene rings is 2. The van der Waals surface area contributed by atoms with Crippen LogP contribution in [0.5, 0.6) is 0 Å². The van der Waals surface area contributed by atoms with E-state index in [-0.39, 0.29) is 5.91 Å². The Bertz CT molecular complexity index is 1240. The summed E-state index contributed by atoms with van der Waals surface area (Å²) in [5.74, 6) is 1.88. The van der Waals surface area contributed by atoms with Crippen LogP contribution in [0.1, 0.15) is 46.8 Å². The maximum absolute atomic E-state index is 13.2. The van der Waals surface area contributed by atoms with E-state index in [4.69, 9.17) is 5.10 Å². The maximum Gasteiger partial charge on any atom is 0.255 e. The van der Waals surface area contributed by atoms with Gasteiger partial charge in [0.15, 0.2) is 0 Å². The molecule has 33 heavy (non-hydrogen) atoms. The molecule has 2 aromatic heterocycles. The molecule has 0 bridgehead atoms. The Morgan fingerprint density at radius 3 is 2.64 bits per heavy atom. The van der Waals surface area contributed by atoms with Crippen molar-refractivity contribution < 1.29 is 4.79 Å². The lowest BCUT2D eigenvalue weighted by Gasteiger charge is -2.08. The molecule has 168 valence electrons. The van der Waals surface area contributed by atoms with Crippen molar-refractivity contribution in [3.63, 3.8) is 0 Å². The predicted octanol–water partition coefficient (Wildman–Crippen LogP) is 4.14. The first-order chi connectivity index (χ1) is 16.2. The summed E-state index contributed by atoms with van der Waals surface area (Å²) in [5.41, 5.74) is 4.24. The normalized spacial score (nSPS) is 13.4. The van der Waals surface area contributed by atoms with Gasteiger partial charge >= 0.3 is 0 Å². The van der Waals surface area contributed by atoms with Gasteiger partial charge in [0.1, 0.15) is 17.3 Å². The van der Waals surface area contributed by atoms with Crippen molar-refractivity contribution in [2.24, 2.45) is 0 Å². The fourth-order valence-electron chi connectivity index (χ4n) is 4.29. The number of hydrogen-bond donors (Lipinski definition) is 1. The van der Waals surface area contributed by atoms with E-state index in [9.17, 15) is 4.79 Å².